The third-order valence-corrected chi connectivity index (χ3v) is 1.90. The predicted octanol–water partition coefficient (Wildman–Crippen LogP) is 3.00. The lowest BCUT2D eigenvalue weighted by atomic mass is 10.1. The Bertz CT molecular complexity index is 348. The highest BCUT2D eigenvalue weighted by atomic mass is 19.1. The van der Waals surface area contributed by atoms with Crippen LogP contribution in [0.3, 0.4) is 0 Å². The summed E-state index contributed by atoms with van der Waals surface area (Å²) >= 11 is 0. The number of esters is 1. The molecule has 0 fully saturated rings. The minimum Gasteiger partial charge on any atom is -0.469 e. The molecule has 0 saturated carbocycles. The van der Waals surface area contributed by atoms with Gasteiger partial charge in [-0.2, -0.15) is 0 Å². The van der Waals surface area contributed by atoms with Gasteiger partial charge in [-0.25, -0.2) is 4.39 Å². The normalized spacial score (nSPS) is 7.55. The fourth-order valence-corrected chi connectivity index (χ4v) is 1.11. The summed E-state index contributed by atoms with van der Waals surface area (Å²) in [5.41, 5.74) is 5.35. The molecule has 0 aliphatic heterocycles. The van der Waals surface area contributed by atoms with E-state index in [0.717, 1.165) is 5.56 Å². The minimum absolute atomic E-state index is 0.00495. The number of primary amides is 1. The maximum atomic E-state index is 13.1. The Kier molecular flexibility index (Phi) is 19.8. The van der Waals surface area contributed by atoms with Gasteiger partial charge in [0.05, 0.1) is 13.5 Å². The van der Waals surface area contributed by atoms with Crippen LogP contribution >= 0.6 is 0 Å². The summed E-state index contributed by atoms with van der Waals surface area (Å²) in [5, 5.41) is 0. The average molecular weight is 287 g/mol. The molecule has 0 aromatic heterocycles. The van der Waals surface area contributed by atoms with Gasteiger partial charge in [-0.15, -0.1) is 0 Å². The Hall–Kier alpha value is -1.91. The number of hydrogen-bond acceptors (Lipinski definition) is 3. The third-order valence-electron chi connectivity index (χ3n) is 1.90. The van der Waals surface area contributed by atoms with Gasteiger partial charge in [0, 0.05) is 5.56 Å². The van der Waals surface area contributed by atoms with E-state index in [-0.39, 0.29) is 18.6 Å². The Morgan fingerprint density at radius 3 is 2.10 bits per heavy atom. The first-order valence-electron chi connectivity index (χ1n) is 6.53. The van der Waals surface area contributed by atoms with Crippen molar-refractivity contribution in [2.24, 2.45) is 5.73 Å². The van der Waals surface area contributed by atoms with Crippen LogP contribution in [0.15, 0.2) is 18.2 Å². The van der Waals surface area contributed by atoms with E-state index in [2.05, 4.69) is 10.5 Å². The highest BCUT2D eigenvalue weighted by Gasteiger charge is 2.09. The SMILES string of the molecule is CC.CC.COC(=O)Cc1c(C)cccc1F.NC=O. The average Bonchev–Trinajstić information content (AvgIpc) is 2.48. The Balaban J connectivity index is -0.000000355. The number of carbonyl (C=O) groups is 2. The molecule has 0 bridgehead atoms. The summed E-state index contributed by atoms with van der Waals surface area (Å²) in [4.78, 5) is 19.5. The third kappa shape index (κ3) is 11.2. The number of aryl methyl sites for hydroxylation is 1. The molecule has 0 heterocycles. The Labute approximate surface area is 121 Å². The molecule has 116 valence electrons. The van der Waals surface area contributed by atoms with Crippen molar-refractivity contribution < 1.29 is 18.7 Å². The quantitative estimate of drug-likeness (QED) is 0.671. The lowest BCUT2D eigenvalue weighted by Crippen LogP contribution is -2.07. The summed E-state index contributed by atoms with van der Waals surface area (Å²) in [5.74, 6) is -0.779. The molecule has 2 N–H and O–H groups in total. The molecule has 1 aromatic rings. The van der Waals surface area contributed by atoms with Crippen LogP contribution in [0.2, 0.25) is 0 Å². The number of nitrogens with two attached hydrogens (primary N) is 1. The van der Waals surface area contributed by atoms with Crippen LogP contribution in [0.1, 0.15) is 38.8 Å². The van der Waals surface area contributed by atoms with Crippen LogP contribution < -0.4 is 5.73 Å². The zero-order valence-corrected chi connectivity index (χ0v) is 13.2. The first-order chi connectivity index (χ1) is 9.56. The number of hydrogen-bond donors (Lipinski definition) is 1. The topological polar surface area (TPSA) is 69.4 Å². The number of halogens is 1. The molecule has 0 spiro atoms. The fraction of sp³-hybridized carbons (Fsp3) is 0.467. The standard InChI is InChI=1S/C10H11FO2.2C2H6.CH3NO/c1-7-4-3-5-9(11)8(7)6-10(12)13-2;2*1-2;2-1-3/h3-5H,6H2,1-2H3;2*1-2H3;1H,(H2,2,3). The molecule has 1 aromatic carbocycles. The molecule has 20 heavy (non-hydrogen) atoms. The summed E-state index contributed by atoms with van der Waals surface area (Å²) in [6, 6.07) is 4.72. The summed E-state index contributed by atoms with van der Waals surface area (Å²) in [7, 11) is 1.29. The first-order valence-corrected chi connectivity index (χ1v) is 6.53. The van der Waals surface area contributed by atoms with E-state index in [1.807, 2.05) is 27.7 Å². The molecular formula is C15H26FNO3. The van der Waals surface area contributed by atoms with E-state index in [4.69, 9.17) is 4.79 Å². The van der Waals surface area contributed by atoms with Crippen LogP contribution in [-0.2, 0) is 20.7 Å². The van der Waals surface area contributed by atoms with Crippen molar-refractivity contribution in [2.75, 3.05) is 7.11 Å². The Morgan fingerprint density at radius 2 is 1.75 bits per heavy atom. The van der Waals surface area contributed by atoms with Gasteiger partial charge in [0.2, 0.25) is 6.41 Å². The molecule has 0 unspecified atom stereocenters. The van der Waals surface area contributed by atoms with Gasteiger partial charge in [-0.05, 0) is 18.6 Å². The lowest BCUT2D eigenvalue weighted by Gasteiger charge is -2.04. The van der Waals surface area contributed by atoms with Gasteiger partial charge in [0.15, 0.2) is 0 Å². The smallest absolute Gasteiger partial charge is 0.310 e. The predicted molar refractivity (Wildman–Crippen MR) is 79.8 cm³/mol. The minimum atomic E-state index is -0.423. The monoisotopic (exact) mass is 287 g/mol. The molecule has 4 nitrogen and oxygen atoms in total. The van der Waals surface area contributed by atoms with Crippen molar-refractivity contribution in [2.45, 2.75) is 41.0 Å². The van der Waals surface area contributed by atoms with Crippen LogP contribution in [-0.4, -0.2) is 19.5 Å². The molecular weight excluding hydrogens is 261 g/mol. The zero-order valence-electron chi connectivity index (χ0n) is 13.2. The van der Waals surface area contributed by atoms with Crippen LogP contribution in [0.4, 0.5) is 4.39 Å². The maximum Gasteiger partial charge on any atom is 0.310 e. The second kappa shape index (κ2) is 17.1. The molecule has 0 aliphatic rings. The molecule has 5 heteroatoms. The van der Waals surface area contributed by atoms with Crippen molar-refractivity contribution in [3.05, 3.63) is 35.1 Å². The van der Waals surface area contributed by atoms with E-state index >= 15 is 0 Å². The van der Waals surface area contributed by atoms with Gasteiger partial charge in [-0.3, -0.25) is 9.59 Å². The van der Waals surface area contributed by atoms with E-state index in [1.165, 1.54) is 13.2 Å². The first kappa shape index (κ1) is 23.2. The molecule has 0 saturated heterocycles. The van der Waals surface area contributed by atoms with E-state index in [9.17, 15) is 9.18 Å². The van der Waals surface area contributed by atoms with Gasteiger partial charge in [0.1, 0.15) is 5.82 Å². The number of amides is 1. The van der Waals surface area contributed by atoms with Crippen LogP contribution in [0.5, 0.6) is 0 Å². The largest absolute Gasteiger partial charge is 0.469 e. The summed E-state index contributed by atoms with van der Waals surface area (Å²) in [6.07, 6.45) is 0.245. The number of carbonyl (C=O) groups excluding carboxylic acids is 2. The van der Waals surface area contributed by atoms with Gasteiger partial charge >= 0.3 is 5.97 Å². The maximum absolute atomic E-state index is 13.1. The number of benzene rings is 1. The Morgan fingerprint density at radius 1 is 1.30 bits per heavy atom. The highest BCUT2D eigenvalue weighted by Crippen LogP contribution is 2.13. The number of methoxy groups -OCH3 is 1. The zero-order chi connectivity index (χ0) is 16.6. The van der Waals surface area contributed by atoms with Gasteiger partial charge in [0.25, 0.3) is 0 Å². The number of ether oxygens (including phenoxy) is 1. The second-order valence-electron chi connectivity index (χ2n) is 2.92. The van der Waals surface area contributed by atoms with Crippen molar-refractivity contribution in [3.8, 4) is 0 Å². The second-order valence-corrected chi connectivity index (χ2v) is 2.92. The van der Waals surface area contributed by atoms with Gasteiger partial charge in [-0.1, -0.05) is 39.8 Å². The van der Waals surface area contributed by atoms with Gasteiger partial charge < -0.3 is 10.5 Å². The van der Waals surface area contributed by atoms with Crippen molar-refractivity contribution in [1.82, 2.24) is 0 Å². The summed E-state index contributed by atoms with van der Waals surface area (Å²) < 4.78 is 17.6. The summed E-state index contributed by atoms with van der Waals surface area (Å²) in [6.45, 7) is 9.77. The molecule has 1 rings (SSSR count). The van der Waals surface area contributed by atoms with Crippen LogP contribution in [0.25, 0.3) is 0 Å². The fourth-order valence-electron chi connectivity index (χ4n) is 1.11. The van der Waals surface area contributed by atoms with Crippen LogP contribution in [0, 0.1) is 12.7 Å². The lowest BCUT2D eigenvalue weighted by molar-refractivity contribution is -0.139. The van der Waals surface area contributed by atoms with E-state index in [0.29, 0.717) is 5.56 Å². The van der Waals surface area contributed by atoms with Crippen molar-refractivity contribution in [1.29, 1.82) is 0 Å². The molecule has 1 amide bonds. The van der Waals surface area contributed by atoms with E-state index < -0.39 is 5.97 Å². The molecule has 0 radical (unpaired) electrons. The van der Waals surface area contributed by atoms with E-state index in [1.54, 1.807) is 19.1 Å². The number of rotatable bonds is 2. The highest BCUT2D eigenvalue weighted by molar-refractivity contribution is 5.72. The van der Waals surface area contributed by atoms with Crippen molar-refractivity contribution >= 4 is 12.4 Å². The van der Waals surface area contributed by atoms with Crippen molar-refractivity contribution in [3.63, 3.8) is 0 Å². The molecule has 0 atom stereocenters. The molecule has 0 aliphatic carbocycles.